The first-order valence-electron chi connectivity index (χ1n) is 11.1. The van der Waals surface area contributed by atoms with Gasteiger partial charge in [0.05, 0.1) is 17.3 Å². The van der Waals surface area contributed by atoms with E-state index in [1.807, 2.05) is 18.2 Å². The summed E-state index contributed by atoms with van der Waals surface area (Å²) in [5.41, 5.74) is 3.46. The number of hydrogen-bond acceptors (Lipinski definition) is 4. The minimum atomic E-state index is -0.138. The molecule has 5 rings (SSSR count). The summed E-state index contributed by atoms with van der Waals surface area (Å²) in [7, 11) is 0. The normalized spacial score (nSPS) is 16.5. The molecule has 0 bridgehead atoms. The van der Waals surface area contributed by atoms with E-state index in [-0.39, 0.29) is 5.91 Å². The third-order valence-corrected chi connectivity index (χ3v) is 6.23. The van der Waals surface area contributed by atoms with Crippen molar-refractivity contribution in [2.75, 3.05) is 31.1 Å². The Balaban J connectivity index is 1.18. The highest BCUT2D eigenvalue weighted by atomic mass is 35.5. The molecule has 1 aliphatic carbocycles. The van der Waals surface area contributed by atoms with Crippen LogP contribution in [0.25, 0.3) is 5.65 Å². The number of amides is 1. The number of hydrogen-bond donors (Lipinski definition) is 1. The molecule has 0 atom stereocenters. The molecule has 31 heavy (non-hydrogen) atoms. The highest BCUT2D eigenvalue weighted by Gasteiger charge is 2.32. The molecule has 2 aromatic heterocycles. The van der Waals surface area contributed by atoms with E-state index < -0.39 is 0 Å². The SMILES string of the molecule is O=C(NCCOc1ccc(N2CCCCC2)cc1)c1c(C2CC2)nc2ccc(Cl)cn12. The van der Waals surface area contributed by atoms with Crippen molar-refractivity contribution in [1.29, 1.82) is 0 Å². The Hall–Kier alpha value is -2.73. The predicted molar refractivity (Wildman–Crippen MR) is 123 cm³/mol. The number of nitrogens with one attached hydrogen (secondary N) is 1. The maximum absolute atomic E-state index is 12.9. The summed E-state index contributed by atoms with van der Waals surface area (Å²) >= 11 is 6.15. The molecular weight excluding hydrogens is 412 g/mol. The smallest absolute Gasteiger partial charge is 0.270 e. The lowest BCUT2D eigenvalue weighted by molar-refractivity contribution is 0.0940. The van der Waals surface area contributed by atoms with Crippen LogP contribution in [0, 0.1) is 0 Å². The van der Waals surface area contributed by atoms with Gasteiger partial charge < -0.3 is 15.0 Å². The first kappa shape index (κ1) is 20.2. The Morgan fingerprint density at radius 3 is 2.61 bits per heavy atom. The molecule has 0 radical (unpaired) electrons. The molecule has 0 spiro atoms. The van der Waals surface area contributed by atoms with Crippen LogP contribution in [0.5, 0.6) is 5.75 Å². The standard InChI is InChI=1S/C24H27ClN4O2/c25-18-6-11-21-27-22(17-4-5-17)23(29(21)16-18)24(30)26-12-15-31-20-9-7-19(8-10-20)28-13-2-1-3-14-28/h6-11,16-17H,1-5,12-15H2,(H,26,30). The number of pyridine rings is 1. The van der Waals surface area contributed by atoms with Crippen LogP contribution in [0.2, 0.25) is 5.02 Å². The summed E-state index contributed by atoms with van der Waals surface area (Å²) in [6.45, 7) is 3.09. The summed E-state index contributed by atoms with van der Waals surface area (Å²) < 4.78 is 7.63. The van der Waals surface area contributed by atoms with Crippen LogP contribution in [0.1, 0.15) is 54.2 Å². The molecule has 2 aliphatic rings. The van der Waals surface area contributed by atoms with Crippen LogP contribution in [0.15, 0.2) is 42.6 Å². The van der Waals surface area contributed by atoms with E-state index in [0.29, 0.717) is 29.8 Å². The van der Waals surface area contributed by atoms with Crippen LogP contribution >= 0.6 is 11.6 Å². The van der Waals surface area contributed by atoms with Gasteiger partial charge in [0.15, 0.2) is 0 Å². The predicted octanol–water partition coefficient (Wildman–Crippen LogP) is 4.66. The monoisotopic (exact) mass is 438 g/mol. The lowest BCUT2D eigenvalue weighted by Crippen LogP contribution is -2.30. The lowest BCUT2D eigenvalue weighted by atomic mass is 10.1. The van der Waals surface area contributed by atoms with Gasteiger partial charge in [-0.05, 0) is 68.5 Å². The lowest BCUT2D eigenvalue weighted by Gasteiger charge is -2.28. The Bertz CT molecular complexity index is 1070. The zero-order valence-corrected chi connectivity index (χ0v) is 18.3. The number of benzene rings is 1. The quantitative estimate of drug-likeness (QED) is 0.545. The molecule has 1 amide bonds. The van der Waals surface area contributed by atoms with Gasteiger partial charge in [0.2, 0.25) is 0 Å². The van der Waals surface area contributed by atoms with Gasteiger partial charge >= 0.3 is 0 Å². The number of halogens is 1. The van der Waals surface area contributed by atoms with E-state index in [9.17, 15) is 4.79 Å². The number of aromatic nitrogens is 2. The fraction of sp³-hybridized carbons (Fsp3) is 0.417. The largest absolute Gasteiger partial charge is 0.492 e. The van der Waals surface area contributed by atoms with Gasteiger partial charge in [-0.1, -0.05) is 11.6 Å². The number of anilines is 1. The van der Waals surface area contributed by atoms with Gasteiger partial charge in [0.25, 0.3) is 5.91 Å². The second kappa shape index (κ2) is 8.79. The maximum atomic E-state index is 12.9. The van der Waals surface area contributed by atoms with Gasteiger partial charge in [-0.2, -0.15) is 0 Å². The minimum absolute atomic E-state index is 0.138. The van der Waals surface area contributed by atoms with E-state index in [1.54, 1.807) is 16.7 Å². The molecule has 1 aromatic carbocycles. The van der Waals surface area contributed by atoms with Crippen molar-refractivity contribution in [2.24, 2.45) is 0 Å². The second-order valence-corrected chi connectivity index (χ2v) is 8.78. The fourth-order valence-electron chi connectivity index (χ4n) is 4.23. The van der Waals surface area contributed by atoms with Crippen molar-refractivity contribution in [3.63, 3.8) is 0 Å². The number of carbonyl (C=O) groups excluding carboxylic acids is 1. The summed E-state index contributed by atoms with van der Waals surface area (Å²) in [5, 5.41) is 3.56. The van der Waals surface area contributed by atoms with Gasteiger partial charge in [0.1, 0.15) is 23.7 Å². The van der Waals surface area contributed by atoms with Crippen molar-refractivity contribution in [3.05, 3.63) is 59.0 Å². The summed E-state index contributed by atoms with van der Waals surface area (Å²) in [6, 6.07) is 11.9. The Labute approximate surface area is 187 Å². The number of ether oxygens (including phenoxy) is 1. The number of carbonyl (C=O) groups is 1. The highest BCUT2D eigenvalue weighted by Crippen LogP contribution is 2.41. The van der Waals surface area contributed by atoms with Gasteiger partial charge in [-0.25, -0.2) is 4.98 Å². The molecule has 3 aromatic rings. The fourth-order valence-corrected chi connectivity index (χ4v) is 4.39. The topological polar surface area (TPSA) is 58.9 Å². The molecule has 0 unspecified atom stereocenters. The zero-order valence-electron chi connectivity index (χ0n) is 17.5. The van der Waals surface area contributed by atoms with E-state index in [4.69, 9.17) is 16.3 Å². The summed E-state index contributed by atoms with van der Waals surface area (Å²) in [6.07, 6.45) is 7.76. The molecule has 2 fully saturated rings. The summed E-state index contributed by atoms with van der Waals surface area (Å²) in [5.74, 6) is 1.05. The molecule has 1 saturated heterocycles. The van der Waals surface area contributed by atoms with Gasteiger partial charge in [-0.15, -0.1) is 0 Å². The van der Waals surface area contributed by atoms with E-state index >= 15 is 0 Å². The van der Waals surface area contributed by atoms with Crippen LogP contribution in [0.3, 0.4) is 0 Å². The van der Waals surface area contributed by atoms with Crippen LogP contribution < -0.4 is 15.0 Å². The number of nitrogens with zero attached hydrogens (tertiary/aromatic N) is 3. The summed E-state index contributed by atoms with van der Waals surface area (Å²) in [4.78, 5) is 20.0. The number of piperidine rings is 1. The molecule has 1 aliphatic heterocycles. The Morgan fingerprint density at radius 2 is 1.87 bits per heavy atom. The van der Waals surface area contributed by atoms with Gasteiger partial charge in [-0.3, -0.25) is 9.20 Å². The first-order chi connectivity index (χ1) is 15.2. The molecule has 6 nitrogen and oxygen atoms in total. The average molecular weight is 439 g/mol. The van der Waals surface area contributed by atoms with Gasteiger partial charge in [0, 0.05) is 30.9 Å². The Morgan fingerprint density at radius 1 is 1.10 bits per heavy atom. The third kappa shape index (κ3) is 4.49. The maximum Gasteiger partial charge on any atom is 0.270 e. The number of fused-ring (bicyclic) bond motifs is 1. The second-order valence-electron chi connectivity index (χ2n) is 8.34. The highest BCUT2D eigenvalue weighted by molar-refractivity contribution is 6.30. The minimum Gasteiger partial charge on any atom is -0.492 e. The van der Waals surface area contributed by atoms with E-state index in [2.05, 4.69) is 27.3 Å². The first-order valence-corrected chi connectivity index (χ1v) is 11.5. The van der Waals surface area contributed by atoms with Crippen molar-refractivity contribution < 1.29 is 9.53 Å². The van der Waals surface area contributed by atoms with Crippen molar-refractivity contribution in [2.45, 2.75) is 38.0 Å². The third-order valence-electron chi connectivity index (χ3n) is 6.00. The molecule has 162 valence electrons. The van der Waals surface area contributed by atoms with Crippen molar-refractivity contribution >= 4 is 28.8 Å². The zero-order chi connectivity index (χ0) is 21.2. The van der Waals surface area contributed by atoms with E-state index in [0.717, 1.165) is 43.0 Å². The van der Waals surface area contributed by atoms with Crippen LogP contribution in [-0.4, -0.2) is 41.5 Å². The molecule has 1 N–H and O–H groups in total. The molecule has 3 heterocycles. The van der Waals surface area contributed by atoms with Crippen molar-refractivity contribution in [3.8, 4) is 5.75 Å². The Kier molecular flexibility index (Phi) is 5.72. The van der Waals surface area contributed by atoms with E-state index in [1.165, 1.54) is 24.9 Å². The van der Waals surface area contributed by atoms with Crippen LogP contribution in [0.4, 0.5) is 5.69 Å². The number of imidazole rings is 1. The van der Waals surface area contributed by atoms with Crippen LogP contribution in [-0.2, 0) is 0 Å². The molecule has 1 saturated carbocycles. The molecular formula is C24H27ClN4O2. The average Bonchev–Trinajstić information content (AvgIpc) is 3.58. The number of rotatable bonds is 7. The molecule has 7 heteroatoms. The van der Waals surface area contributed by atoms with Crippen molar-refractivity contribution in [1.82, 2.24) is 14.7 Å².